The Morgan fingerprint density at radius 1 is 0.554 bits per heavy atom. The number of nitrogens with zero attached hydrogens (tertiary/aromatic N) is 6. The molecule has 20 nitrogen and oxygen atoms in total. The summed E-state index contributed by atoms with van der Waals surface area (Å²) in [7, 11) is -0.389. The lowest BCUT2D eigenvalue weighted by atomic mass is 9.76. The number of likely N-dealkylation sites (N-methyl/N-ethyl adjacent to an activating group) is 2. The zero-order valence-corrected chi connectivity index (χ0v) is 58.8. The van der Waals surface area contributed by atoms with Crippen LogP contribution in [-0.4, -0.2) is 189 Å². The standard InChI is InChI=1S/C31H43N3O4.C26H43BN2O4.C11H12BrNO2.2CO2/c1-7-23-19-26(24-9-11-25(12-10-24)29(35)32-15-17-37-18-16-32)20-28(22(23)3)34(8-2)27-13-14-33(21-27)30(36)38-31(4,5)6;1-11-19-15-20(27-32-25(7,8)26(9,10)33-27)16-22(18(19)3)29(12-2)21-13-14-28(17-21)23(30)31-24(4,5)6;12-10-3-1-9(2-4-10)11(14)13-5-7-15-8-6-13;2*2-1-3/h9-12,19-20,27H,7-8,13-18,21H2,1-6H3;15-16,21H,11-14,17H2,1-10H3;1-4H,5-8H2;;. The van der Waals surface area contributed by atoms with Gasteiger partial charge in [0.2, 0.25) is 0 Å². The summed E-state index contributed by atoms with van der Waals surface area (Å²) in [6.45, 7) is 42.5. The molecule has 5 saturated heterocycles. The minimum Gasteiger partial charge on any atom is -0.444 e. The van der Waals surface area contributed by atoms with Gasteiger partial charge in [0.15, 0.2) is 0 Å². The Labute approximate surface area is 554 Å². The molecule has 0 N–H and O–H groups in total. The molecule has 9 rings (SSSR count). The molecule has 0 radical (unpaired) electrons. The number of rotatable bonds is 12. The van der Waals surface area contributed by atoms with Crippen LogP contribution in [0, 0.1) is 13.8 Å². The second kappa shape index (κ2) is 34.3. The molecule has 0 aliphatic carbocycles. The van der Waals surface area contributed by atoms with Crippen molar-refractivity contribution in [3.63, 3.8) is 0 Å². The number of ether oxygens (including phenoxy) is 4. The van der Waals surface area contributed by atoms with Crippen molar-refractivity contribution in [3.05, 3.63) is 111 Å². The highest BCUT2D eigenvalue weighted by atomic mass is 79.9. The maximum absolute atomic E-state index is 12.9. The Kier molecular flexibility index (Phi) is 28.3. The monoisotopic (exact) mass is 1340 g/mol. The maximum atomic E-state index is 12.9. The van der Waals surface area contributed by atoms with E-state index in [1.54, 1.807) is 0 Å². The fourth-order valence-electron chi connectivity index (χ4n) is 11.7. The summed E-state index contributed by atoms with van der Waals surface area (Å²) in [5.41, 5.74) is 10.6. The van der Waals surface area contributed by atoms with Crippen LogP contribution in [0.5, 0.6) is 0 Å². The Balaban J connectivity index is 0.000000257. The van der Waals surface area contributed by atoms with Crippen molar-refractivity contribution in [2.75, 3.05) is 102 Å². The van der Waals surface area contributed by atoms with Gasteiger partial charge in [0, 0.05) is 105 Å². The molecule has 4 aromatic carbocycles. The molecule has 5 fully saturated rings. The van der Waals surface area contributed by atoms with Crippen LogP contribution in [0.4, 0.5) is 21.0 Å². The largest absolute Gasteiger partial charge is 0.494 e. The first kappa shape index (κ1) is 75.8. The lowest BCUT2D eigenvalue weighted by Gasteiger charge is -2.33. The van der Waals surface area contributed by atoms with Crippen molar-refractivity contribution < 1.29 is 66.6 Å². The Morgan fingerprint density at radius 2 is 0.924 bits per heavy atom. The molecular weight excluding hydrogens is 1240 g/mol. The van der Waals surface area contributed by atoms with E-state index in [2.05, 4.69) is 131 Å². The number of carbonyl (C=O) groups excluding carboxylic acids is 8. The fraction of sp³-hybridized carbons (Fsp3) is 0.571. The van der Waals surface area contributed by atoms with Crippen molar-refractivity contribution in [1.29, 1.82) is 0 Å². The number of morpholine rings is 2. The molecule has 2 atom stereocenters. The zero-order chi connectivity index (χ0) is 68.3. The second-order valence-electron chi connectivity index (χ2n) is 26.3. The van der Waals surface area contributed by atoms with Gasteiger partial charge in [-0.1, -0.05) is 54.0 Å². The van der Waals surface area contributed by atoms with E-state index in [1.807, 2.05) is 97.5 Å². The lowest BCUT2D eigenvalue weighted by molar-refractivity contribution is -0.193. The molecule has 502 valence electrons. The average Bonchev–Trinajstić information content (AvgIpc) is 1.57. The van der Waals surface area contributed by atoms with Crippen molar-refractivity contribution in [1.82, 2.24) is 19.6 Å². The molecule has 5 aliphatic rings. The van der Waals surface area contributed by atoms with Crippen molar-refractivity contribution in [2.24, 2.45) is 0 Å². The van der Waals surface area contributed by atoms with Gasteiger partial charge in [-0.15, -0.1) is 0 Å². The Morgan fingerprint density at radius 3 is 1.29 bits per heavy atom. The Bertz CT molecular complexity index is 3130. The van der Waals surface area contributed by atoms with Crippen LogP contribution in [0.1, 0.15) is 153 Å². The van der Waals surface area contributed by atoms with E-state index >= 15 is 0 Å². The third kappa shape index (κ3) is 20.8. The minimum atomic E-state index is -0.497. The van der Waals surface area contributed by atoms with Crippen LogP contribution in [0.3, 0.4) is 0 Å². The number of anilines is 2. The summed E-state index contributed by atoms with van der Waals surface area (Å²) >= 11 is 3.35. The summed E-state index contributed by atoms with van der Waals surface area (Å²) < 4.78 is 35.5. The molecule has 22 heteroatoms. The SMILES string of the molecule is CCc1cc(-c2ccc(C(=O)N3CCOCC3)cc2)cc(N(CC)C2CCN(C(=O)OC(C)(C)C)C2)c1C.CCc1cc(B2OC(C)(C)C(C)(C)O2)cc(N(CC)C2CCN(C(=O)OC(C)(C)C)C2)c1C.O=C(c1ccc(Br)cc1)N1CCOCC1.O=C=O.O=C=O. The number of likely N-dealkylation sites (tertiary alicyclic amines) is 2. The topological polar surface area (TPSA) is 211 Å². The van der Waals surface area contributed by atoms with Crippen LogP contribution in [-0.2, 0) is 60.3 Å². The van der Waals surface area contributed by atoms with Crippen molar-refractivity contribution in [2.45, 2.75) is 171 Å². The summed E-state index contributed by atoms with van der Waals surface area (Å²) in [6.07, 6.45) is 3.76. The number of hydrogen-bond donors (Lipinski definition) is 0. The van der Waals surface area contributed by atoms with E-state index in [-0.39, 0.29) is 66.7 Å². The first-order chi connectivity index (χ1) is 43.4. The molecule has 92 heavy (non-hydrogen) atoms. The summed E-state index contributed by atoms with van der Waals surface area (Å²) in [5, 5.41) is 0. The fourth-order valence-corrected chi connectivity index (χ4v) is 11.9. The van der Waals surface area contributed by atoms with Gasteiger partial charge in [-0.2, -0.15) is 19.2 Å². The predicted octanol–water partition coefficient (Wildman–Crippen LogP) is 11.0. The molecule has 4 amide bonds. The highest BCUT2D eigenvalue weighted by Crippen LogP contribution is 2.39. The molecule has 0 spiro atoms. The van der Waals surface area contributed by atoms with E-state index < -0.39 is 11.2 Å². The predicted molar refractivity (Wildman–Crippen MR) is 358 cm³/mol. The van der Waals surface area contributed by atoms with Gasteiger partial charge in [-0.3, -0.25) is 9.59 Å². The van der Waals surface area contributed by atoms with Gasteiger partial charge >= 0.3 is 31.6 Å². The van der Waals surface area contributed by atoms with E-state index in [0.717, 1.165) is 65.4 Å². The highest BCUT2D eigenvalue weighted by molar-refractivity contribution is 9.10. The third-order valence-electron chi connectivity index (χ3n) is 17.3. The second-order valence-corrected chi connectivity index (χ2v) is 27.2. The highest BCUT2D eigenvalue weighted by Gasteiger charge is 2.52. The van der Waals surface area contributed by atoms with E-state index in [0.29, 0.717) is 84.3 Å². The average molecular weight is 1340 g/mol. The number of amides is 4. The normalized spacial score (nSPS) is 18.2. The van der Waals surface area contributed by atoms with Gasteiger partial charge < -0.3 is 57.7 Å². The third-order valence-corrected chi connectivity index (χ3v) is 17.8. The maximum Gasteiger partial charge on any atom is 0.494 e. The summed E-state index contributed by atoms with van der Waals surface area (Å²) in [6, 6.07) is 24.9. The zero-order valence-electron chi connectivity index (χ0n) is 57.2. The van der Waals surface area contributed by atoms with Crippen LogP contribution in [0.15, 0.2) is 77.3 Å². The molecule has 4 aromatic rings. The van der Waals surface area contributed by atoms with E-state index in [9.17, 15) is 19.2 Å². The summed E-state index contributed by atoms with van der Waals surface area (Å²) in [4.78, 5) is 94.9. The van der Waals surface area contributed by atoms with Gasteiger partial charge in [-0.25, -0.2) is 9.59 Å². The van der Waals surface area contributed by atoms with Gasteiger partial charge in [0.05, 0.1) is 37.6 Å². The first-order valence-electron chi connectivity index (χ1n) is 32.1. The molecule has 0 aromatic heterocycles. The molecule has 5 heterocycles. The Hall–Kier alpha value is -6.90. The van der Waals surface area contributed by atoms with Crippen LogP contribution >= 0.6 is 15.9 Å². The van der Waals surface area contributed by atoms with E-state index in [4.69, 9.17) is 47.4 Å². The van der Waals surface area contributed by atoms with Gasteiger partial charge in [0.1, 0.15) is 11.2 Å². The van der Waals surface area contributed by atoms with Crippen LogP contribution in [0.2, 0.25) is 0 Å². The van der Waals surface area contributed by atoms with Gasteiger partial charge in [0.25, 0.3) is 11.8 Å². The van der Waals surface area contributed by atoms with Crippen LogP contribution < -0.4 is 15.3 Å². The quantitative estimate of drug-likeness (QED) is 0.121. The molecule has 5 aliphatic heterocycles. The molecule has 2 unspecified atom stereocenters. The number of benzene rings is 4. The minimum absolute atomic E-state index is 0.0617. The van der Waals surface area contributed by atoms with Gasteiger partial charge in [-0.05, 0) is 210 Å². The molecular formula is C70H98BBrN6O14. The number of carbonyl (C=O) groups is 4. The summed E-state index contributed by atoms with van der Waals surface area (Å²) in [5.74, 6) is 0.150. The number of hydrogen-bond acceptors (Lipinski definition) is 16. The molecule has 0 bridgehead atoms. The van der Waals surface area contributed by atoms with E-state index in [1.165, 1.54) is 33.6 Å². The molecule has 0 saturated carbocycles. The first-order valence-corrected chi connectivity index (χ1v) is 32.9. The smallest absolute Gasteiger partial charge is 0.444 e. The van der Waals surface area contributed by atoms with Crippen LogP contribution in [0.25, 0.3) is 11.1 Å². The lowest BCUT2D eigenvalue weighted by Crippen LogP contribution is -2.42. The number of halogens is 1. The van der Waals surface area contributed by atoms with Crippen molar-refractivity contribution >= 4 is 76.2 Å². The number of aryl methyl sites for hydroxylation is 2. The van der Waals surface area contributed by atoms with Crippen molar-refractivity contribution in [3.8, 4) is 11.1 Å².